The molecule has 0 heterocycles. The van der Waals surface area contributed by atoms with Crippen molar-refractivity contribution in [3.63, 3.8) is 0 Å². The van der Waals surface area contributed by atoms with Gasteiger partial charge < -0.3 is 9.84 Å². The van der Waals surface area contributed by atoms with Gasteiger partial charge in [-0.15, -0.1) is 0 Å². The van der Waals surface area contributed by atoms with Gasteiger partial charge in [-0.3, -0.25) is 0 Å². The number of aliphatic hydroxyl groups excluding tert-OH is 1. The molecule has 15 heavy (non-hydrogen) atoms. The summed E-state index contributed by atoms with van der Waals surface area (Å²) in [5.74, 6) is 0.962. The van der Waals surface area contributed by atoms with Gasteiger partial charge in [-0.25, -0.2) is 0 Å². The largest absolute Gasteiger partial charge is 0.494 e. The number of rotatable bonds is 4. The van der Waals surface area contributed by atoms with Crippen LogP contribution in [0.4, 0.5) is 0 Å². The minimum atomic E-state index is -0.116. The van der Waals surface area contributed by atoms with Gasteiger partial charge in [0.05, 0.1) is 12.7 Å². The molecule has 1 N–H and O–H groups in total. The van der Waals surface area contributed by atoms with Gasteiger partial charge in [0, 0.05) is 0 Å². The van der Waals surface area contributed by atoms with Crippen LogP contribution in [0.3, 0.4) is 0 Å². The highest BCUT2D eigenvalue weighted by Crippen LogP contribution is 2.07. The third-order valence-electron chi connectivity index (χ3n) is 1.81. The van der Waals surface area contributed by atoms with Crippen molar-refractivity contribution in [1.29, 1.82) is 0 Å². The van der Waals surface area contributed by atoms with Crippen LogP contribution in [0.1, 0.15) is 33.6 Å². The molecular formula is C13H22O2. The monoisotopic (exact) mass is 210 g/mol. The zero-order valence-corrected chi connectivity index (χ0v) is 9.94. The molecule has 0 aromatic heterocycles. The molecule has 0 radical (unpaired) electrons. The Morgan fingerprint density at radius 3 is 2.13 bits per heavy atom. The molecule has 2 heteroatoms. The standard InChI is InChI=1S/C9H12O.C4H10O/c1-2-8-10-9-6-4-3-5-7-9;1-3-4(2)5/h3-7H,2,8H2,1H3;4-5H,3H2,1-2H3. The molecule has 0 aliphatic rings. The molecule has 1 aromatic carbocycles. The second-order valence-corrected chi connectivity index (χ2v) is 3.42. The van der Waals surface area contributed by atoms with Gasteiger partial charge in [-0.1, -0.05) is 32.0 Å². The lowest BCUT2D eigenvalue weighted by Gasteiger charge is -2.01. The second-order valence-electron chi connectivity index (χ2n) is 3.42. The minimum absolute atomic E-state index is 0.116. The van der Waals surface area contributed by atoms with Crippen molar-refractivity contribution in [3.05, 3.63) is 30.3 Å². The summed E-state index contributed by atoms with van der Waals surface area (Å²) in [5, 5.41) is 8.36. The fourth-order valence-corrected chi connectivity index (χ4v) is 0.737. The van der Waals surface area contributed by atoms with E-state index in [0.29, 0.717) is 0 Å². The summed E-state index contributed by atoms with van der Waals surface area (Å²) >= 11 is 0. The van der Waals surface area contributed by atoms with Crippen molar-refractivity contribution in [2.75, 3.05) is 6.61 Å². The highest BCUT2D eigenvalue weighted by Gasteiger charge is 1.86. The van der Waals surface area contributed by atoms with Gasteiger partial charge >= 0.3 is 0 Å². The van der Waals surface area contributed by atoms with Crippen LogP contribution in [0.15, 0.2) is 30.3 Å². The Morgan fingerprint density at radius 1 is 1.20 bits per heavy atom. The van der Waals surface area contributed by atoms with E-state index >= 15 is 0 Å². The molecule has 0 saturated carbocycles. The summed E-state index contributed by atoms with van der Waals surface area (Å²) in [4.78, 5) is 0. The van der Waals surface area contributed by atoms with Crippen molar-refractivity contribution in [2.24, 2.45) is 0 Å². The topological polar surface area (TPSA) is 29.5 Å². The average molecular weight is 210 g/mol. The summed E-state index contributed by atoms with van der Waals surface area (Å²) in [6.07, 6.45) is 1.81. The Kier molecular flexibility index (Phi) is 8.88. The number of hydrogen-bond acceptors (Lipinski definition) is 2. The smallest absolute Gasteiger partial charge is 0.119 e. The molecular weight excluding hydrogens is 188 g/mol. The average Bonchev–Trinajstić information content (AvgIpc) is 2.28. The first kappa shape index (κ1) is 14.0. The maximum absolute atomic E-state index is 8.36. The molecule has 0 amide bonds. The van der Waals surface area contributed by atoms with E-state index < -0.39 is 0 Å². The molecule has 0 saturated heterocycles. The molecule has 1 aromatic rings. The van der Waals surface area contributed by atoms with Crippen LogP contribution < -0.4 is 4.74 Å². The molecule has 0 aliphatic carbocycles. The van der Waals surface area contributed by atoms with Crippen LogP contribution in [0, 0.1) is 0 Å². The molecule has 1 atom stereocenters. The summed E-state index contributed by atoms with van der Waals surface area (Å²) in [5.41, 5.74) is 0. The van der Waals surface area contributed by atoms with Crippen molar-refractivity contribution >= 4 is 0 Å². The van der Waals surface area contributed by atoms with E-state index in [-0.39, 0.29) is 6.10 Å². The predicted molar refractivity (Wildman–Crippen MR) is 64.2 cm³/mol. The third kappa shape index (κ3) is 9.29. The highest BCUT2D eigenvalue weighted by molar-refractivity contribution is 5.20. The molecule has 1 rings (SSSR count). The molecule has 1 unspecified atom stereocenters. The summed E-state index contributed by atoms with van der Waals surface area (Å²) in [7, 11) is 0. The van der Waals surface area contributed by atoms with Gasteiger partial charge in [0.2, 0.25) is 0 Å². The van der Waals surface area contributed by atoms with Gasteiger partial charge in [-0.05, 0) is 31.9 Å². The molecule has 0 spiro atoms. The first-order valence-corrected chi connectivity index (χ1v) is 5.56. The predicted octanol–water partition coefficient (Wildman–Crippen LogP) is 3.25. The quantitative estimate of drug-likeness (QED) is 0.826. The van der Waals surface area contributed by atoms with Gasteiger partial charge in [0.25, 0.3) is 0 Å². The summed E-state index contributed by atoms with van der Waals surface area (Å²) in [6, 6.07) is 9.88. The lowest BCUT2D eigenvalue weighted by Crippen LogP contribution is -1.93. The molecule has 86 valence electrons. The van der Waals surface area contributed by atoms with E-state index in [2.05, 4.69) is 6.92 Å². The number of benzene rings is 1. The molecule has 2 nitrogen and oxygen atoms in total. The summed E-state index contributed by atoms with van der Waals surface area (Å²) in [6.45, 7) is 6.64. The van der Waals surface area contributed by atoms with E-state index in [1.807, 2.05) is 37.3 Å². The van der Waals surface area contributed by atoms with Crippen molar-refractivity contribution in [1.82, 2.24) is 0 Å². The lowest BCUT2D eigenvalue weighted by molar-refractivity contribution is 0.191. The van der Waals surface area contributed by atoms with Crippen LogP contribution in [-0.4, -0.2) is 17.8 Å². The first-order valence-electron chi connectivity index (χ1n) is 5.56. The number of aliphatic hydroxyl groups is 1. The number of para-hydroxylation sites is 1. The van der Waals surface area contributed by atoms with E-state index in [9.17, 15) is 0 Å². The Bertz CT molecular complexity index is 219. The highest BCUT2D eigenvalue weighted by atomic mass is 16.5. The molecule has 0 fully saturated rings. The number of ether oxygens (including phenoxy) is 1. The second kappa shape index (κ2) is 9.53. The fourth-order valence-electron chi connectivity index (χ4n) is 0.737. The van der Waals surface area contributed by atoms with Crippen molar-refractivity contribution in [3.8, 4) is 5.75 Å². The first-order chi connectivity index (χ1) is 7.20. The lowest BCUT2D eigenvalue weighted by atomic mass is 10.3. The van der Waals surface area contributed by atoms with Crippen molar-refractivity contribution < 1.29 is 9.84 Å². The maximum atomic E-state index is 8.36. The Labute approximate surface area is 92.9 Å². The van der Waals surface area contributed by atoms with E-state index in [1.165, 1.54) is 0 Å². The third-order valence-corrected chi connectivity index (χ3v) is 1.81. The van der Waals surface area contributed by atoms with E-state index in [1.54, 1.807) is 6.92 Å². The van der Waals surface area contributed by atoms with Crippen LogP contribution >= 0.6 is 0 Å². The molecule has 0 aliphatic heterocycles. The van der Waals surface area contributed by atoms with Crippen LogP contribution in [0.25, 0.3) is 0 Å². The zero-order valence-electron chi connectivity index (χ0n) is 9.94. The van der Waals surface area contributed by atoms with Crippen LogP contribution in [0.2, 0.25) is 0 Å². The van der Waals surface area contributed by atoms with Gasteiger partial charge in [0.15, 0.2) is 0 Å². The van der Waals surface area contributed by atoms with Crippen LogP contribution in [0.5, 0.6) is 5.75 Å². The van der Waals surface area contributed by atoms with Crippen molar-refractivity contribution in [2.45, 2.75) is 39.7 Å². The Morgan fingerprint density at radius 2 is 1.73 bits per heavy atom. The normalized spacial score (nSPS) is 11.2. The number of hydrogen-bond donors (Lipinski definition) is 1. The van der Waals surface area contributed by atoms with E-state index in [0.717, 1.165) is 25.2 Å². The Balaban J connectivity index is 0.000000336. The SMILES string of the molecule is CCC(C)O.CCCOc1ccccc1. The summed E-state index contributed by atoms with van der Waals surface area (Å²) < 4.78 is 5.36. The minimum Gasteiger partial charge on any atom is -0.494 e. The van der Waals surface area contributed by atoms with Gasteiger partial charge in [-0.2, -0.15) is 0 Å². The maximum Gasteiger partial charge on any atom is 0.119 e. The van der Waals surface area contributed by atoms with Gasteiger partial charge in [0.1, 0.15) is 5.75 Å². The zero-order chi connectivity index (χ0) is 11.5. The Hall–Kier alpha value is -1.02. The fraction of sp³-hybridized carbons (Fsp3) is 0.538. The molecule has 0 bridgehead atoms. The van der Waals surface area contributed by atoms with E-state index in [4.69, 9.17) is 9.84 Å². The van der Waals surface area contributed by atoms with Crippen LogP contribution in [-0.2, 0) is 0 Å².